The number of hydrogen-bond donors (Lipinski definition) is 1. The van der Waals surface area contributed by atoms with E-state index in [-0.39, 0.29) is 11.5 Å². The lowest BCUT2D eigenvalue weighted by Crippen LogP contribution is -2.43. The van der Waals surface area contributed by atoms with Crippen molar-refractivity contribution in [1.82, 2.24) is 24.6 Å². The molecule has 1 amide bonds. The van der Waals surface area contributed by atoms with Gasteiger partial charge in [0.2, 0.25) is 0 Å². The topological polar surface area (TPSA) is 85.2 Å². The Morgan fingerprint density at radius 2 is 1.95 bits per heavy atom. The van der Waals surface area contributed by atoms with E-state index < -0.39 is 3.93 Å². The van der Waals surface area contributed by atoms with Crippen molar-refractivity contribution >= 4 is 39.8 Å². The quantitative estimate of drug-likeness (QED) is 0.294. The average Bonchev–Trinajstić information content (AvgIpc) is 3.30. The fourth-order valence-electron chi connectivity index (χ4n) is 5.03. The maximum absolute atomic E-state index is 13.5. The molecule has 1 N–H and O–H groups in total. The van der Waals surface area contributed by atoms with Crippen molar-refractivity contribution in [2.45, 2.75) is 43.1 Å². The van der Waals surface area contributed by atoms with E-state index in [1.165, 1.54) is 28.6 Å². The summed E-state index contributed by atoms with van der Waals surface area (Å²) in [7, 11) is 0. The van der Waals surface area contributed by atoms with Crippen molar-refractivity contribution in [3.63, 3.8) is 0 Å². The molecule has 0 unspecified atom stereocenters. The lowest BCUT2D eigenvalue weighted by atomic mass is 9.90. The van der Waals surface area contributed by atoms with E-state index >= 15 is 0 Å². The van der Waals surface area contributed by atoms with Crippen LogP contribution in [0.4, 0.5) is 14.5 Å². The van der Waals surface area contributed by atoms with Crippen LogP contribution in [0.5, 0.6) is 0 Å². The zero-order valence-corrected chi connectivity index (χ0v) is 23.4. The van der Waals surface area contributed by atoms with Gasteiger partial charge in [-0.1, -0.05) is 6.08 Å². The molecule has 0 spiro atoms. The number of nitrogens with one attached hydrogen (secondary N) is 1. The molecule has 38 heavy (non-hydrogen) atoms. The lowest BCUT2D eigenvalue weighted by molar-refractivity contribution is 0.0150. The number of pyridine rings is 2. The number of alkyl halides is 3. The van der Waals surface area contributed by atoms with Crippen LogP contribution in [0.2, 0.25) is 0 Å². The third-order valence-corrected chi connectivity index (χ3v) is 7.76. The number of amides is 1. The molecule has 1 aliphatic carbocycles. The van der Waals surface area contributed by atoms with Crippen molar-refractivity contribution in [3.05, 3.63) is 70.9 Å². The van der Waals surface area contributed by atoms with Gasteiger partial charge in [-0.3, -0.25) is 14.7 Å². The SMILES string of the molecule is Cc1cc(NC(=O)c2cnn(-c3ccc(C(F)(F)I)cn3)c2C)cnc1C1=CC[C@@H](N2CCOCC2)CC1. The molecule has 11 heteroatoms. The lowest BCUT2D eigenvalue weighted by Gasteiger charge is -2.36. The molecule has 8 nitrogen and oxygen atoms in total. The number of allylic oxidation sites excluding steroid dienone is 1. The largest absolute Gasteiger partial charge is 0.379 e. The highest BCUT2D eigenvalue weighted by atomic mass is 127. The van der Waals surface area contributed by atoms with Crippen molar-refractivity contribution in [3.8, 4) is 5.82 Å². The second-order valence-electron chi connectivity index (χ2n) is 9.61. The molecule has 0 radical (unpaired) electrons. The Hall–Kier alpha value is -2.77. The van der Waals surface area contributed by atoms with E-state index in [2.05, 4.69) is 31.4 Å². The molecule has 0 bridgehead atoms. The predicted octanol–water partition coefficient (Wildman–Crippen LogP) is 5.28. The summed E-state index contributed by atoms with van der Waals surface area (Å²) in [5.74, 6) is 0.0211. The maximum Gasteiger partial charge on any atom is 0.323 e. The summed E-state index contributed by atoms with van der Waals surface area (Å²) in [5, 5.41) is 7.14. The van der Waals surface area contributed by atoms with E-state index in [4.69, 9.17) is 4.74 Å². The van der Waals surface area contributed by atoms with Crippen LogP contribution in [-0.4, -0.2) is 62.9 Å². The van der Waals surface area contributed by atoms with Crippen LogP contribution in [-0.2, 0) is 8.67 Å². The number of halogens is 3. The van der Waals surface area contributed by atoms with Gasteiger partial charge in [-0.05, 0) is 62.4 Å². The minimum absolute atomic E-state index is 0.197. The molecule has 1 saturated heterocycles. The Morgan fingerprint density at radius 3 is 2.58 bits per heavy atom. The van der Waals surface area contributed by atoms with Crippen molar-refractivity contribution in [1.29, 1.82) is 0 Å². The normalized spacial score (nSPS) is 18.8. The molecule has 200 valence electrons. The van der Waals surface area contributed by atoms with Crippen molar-refractivity contribution in [2.75, 3.05) is 31.6 Å². The molecule has 3 aromatic heterocycles. The molecule has 5 rings (SSSR count). The van der Waals surface area contributed by atoms with E-state index in [9.17, 15) is 13.6 Å². The first kappa shape index (κ1) is 26.8. The van der Waals surface area contributed by atoms with Crippen LogP contribution < -0.4 is 5.32 Å². The number of aryl methyl sites for hydroxylation is 1. The number of ether oxygens (including phenoxy) is 1. The van der Waals surface area contributed by atoms with Crippen LogP contribution in [0.15, 0.2) is 42.9 Å². The molecule has 3 aromatic rings. The van der Waals surface area contributed by atoms with Crippen LogP contribution in [0.3, 0.4) is 0 Å². The van der Waals surface area contributed by atoms with E-state index in [1.54, 1.807) is 13.1 Å². The fraction of sp³-hybridized carbons (Fsp3) is 0.407. The highest BCUT2D eigenvalue weighted by Crippen LogP contribution is 2.35. The predicted molar refractivity (Wildman–Crippen MR) is 149 cm³/mol. The number of anilines is 1. The first-order valence-corrected chi connectivity index (χ1v) is 13.7. The number of carbonyl (C=O) groups excluding carboxylic acids is 1. The minimum atomic E-state index is -3.01. The number of aromatic nitrogens is 4. The molecule has 1 fully saturated rings. The van der Waals surface area contributed by atoms with Crippen LogP contribution >= 0.6 is 22.6 Å². The second-order valence-corrected chi connectivity index (χ2v) is 11.0. The van der Waals surface area contributed by atoms with Gasteiger partial charge in [0.15, 0.2) is 5.82 Å². The monoisotopic (exact) mass is 634 g/mol. The van der Waals surface area contributed by atoms with Crippen molar-refractivity contribution < 1.29 is 18.3 Å². The van der Waals surface area contributed by atoms with Gasteiger partial charge in [0.1, 0.15) is 0 Å². The zero-order chi connectivity index (χ0) is 26.9. The Balaban J connectivity index is 1.25. The molecule has 1 aliphatic heterocycles. The first-order chi connectivity index (χ1) is 18.2. The molecule has 0 aromatic carbocycles. The van der Waals surface area contributed by atoms with E-state index in [0.717, 1.165) is 85.6 Å². The van der Waals surface area contributed by atoms with Gasteiger partial charge in [-0.2, -0.15) is 13.9 Å². The summed E-state index contributed by atoms with van der Waals surface area (Å²) in [4.78, 5) is 24.3. The zero-order valence-electron chi connectivity index (χ0n) is 21.3. The Bertz CT molecular complexity index is 1350. The molecule has 2 aliphatic rings. The summed E-state index contributed by atoms with van der Waals surface area (Å²) in [6.45, 7) is 7.36. The molecular weight excluding hydrogens is 605 g/mol. The second kappa shape index (κ2) is 11.1. The number of hydrogen-bond acceptors (Lipinski definition) is 6. The minimum Gasteiger partial charge on any atom is -0.379 e. The Kier molecular flexibility index (Phi) is 7.87. The number of nitrogens with zero attached hydrogens (tertiary/aromatic N) is 5. The maximum atomic E-state index is 13.5. The highest BCUT2D eigenvalue weighted by molar-refractivity contribution is 14.1. The van der Waals surface area contributed by atoms with Crippen LogP contribution in [0.25, 0.3) is 11.4 Å². The smallest absolute Gasteiger partial charge is 0.323 e. The molecular formula is C27H29F2IN6O2. The summed E-state index contributed by atoms with van der Waals surface area (Å²) < 4.78 is 30.9. The third kappa shape index (κ3) is 5.79. The summed E-state index contributed by atoms with van der Waals surface area (Å²) in [6.07, 6.45) is 9.63. The van der Waals surface area contributed by atoms with Gasteiger partial charge < -0.3 is 10.1 Å². The summed E-state index contributed by atoms with van der Waals surface area (Å²) in [6, 6.07) is 5.25. The van der Waals surface area contributed by atoms with E-state index in [1.807, 2.05) is 13.0 Å². The van der Waals surface area contributed by atoms with Gasteiger partial charge >= 0.3 is 3.93 Å². The Labute approximate surface area is 233 Å². The summed E-state index contributed by atoms with van der Waals surface area (Å²) >= 11 is 1.06. The number of carbonyl (C=O) groups is 1. The van der Waals surface area contributed by atoms with Crippen LogP contribution in [0.1, 0.15) is 52.1 Å². The Morgan fingerprint density at radius 1 is 1.16 bits per heavy atom. The van der Waals surface area contributed by atoms with Crippen molar-refractivity contribution in [2.24, 2.45) is 0 Å². The average molecular weight is 634 g/mol. The van der Waals surface area contributed by atoms with Crippen LogP contribution in [0, 0.1) is 13.8 Å². The van der Waals surface area contributed by atoms with Gasteiger partial charge in [0, 0.05) is 53.5 Å². The van der Waals surface area contributed by atoms with Gasteiger partial charge in [0.25, 0.3) is 5.91 Å². The number of rotatable bonds is 6. The van der Waals surface area contributed by atoms with E-state index in [0.29, 0.717) is 28.8 Å². The third-order valence-electron chi connectivity index (χ3n) is 7.13. The van der Waals surface area contributed by atoms with Gasteiger partial charge in [-0.15, -0.1) is 0 Å². The fourth-order valence-corrected chi connectivity index (χ4v) is 5.35. The standard InChI is InChI=1S/C27H29F2IN6O2/c1-17-13-21(15-32-25(17)19-3-6-22(7-4-19)35-9-11-38-12-10-35)34-26(37)23-16-33-36(18(23)2)24-8-5-20(14-31-24)27(28,29)30/h3,5,8,13-16,22H,4,6-7,9-12H2,1-2H3,(H,34,37)/t22-/m1/s1. The molecule has 1 atom stereocenters. The number of morpholine rings is 1. The highest BCUT2D eigenvalue weighted by Gasteiger charge is 2.27. The van der Waals surface area contributed by atoms with Gasteiger partial charge in [-0.25, -0.2) is 9.67 Å². The first-order valence-electron chi connectivity index (χ1n) is 12.6. The summed E-state index contributed by atoms with van der Waals surface area (Å²) in [5.41, 5.74) is 4.53. The van der Waals surface area contributed by atoms with Gasteiger partial charge in [0.05, 0.1) is 48.2 Å². The molecule has 0 saturated carbocycles. The molecule has 4 heterocycles.